The largest absolute Gasteiger partial charge is 0.310 e. The van der Waals surface area contributed by atoms with Crippen molar-refractivity contribution in [2.45, 2.75) is 25.8 Å². The van der Waals surface area contributed by atoms with Crippen LogP contribution in [-0.2, 0) is 6.42 Å². The van der Waals surface area contributed by atoms with Gasteiger partial charge in [-0.05, 0) is 30.7 Å². The topological polar surface area (TPSA) is 24.9 Å². The lowest BCUT2D eigenvalue weighted by Gasteiger charge is -2.18. The van der Waals surface area contributed by atoms with Gasteiger partial charge in [-0.3, -0.25) is 4.98 Å². The molecule has 5 heteroatoms. The Hall–Kier alpha value is -0.970. The maximum Gasteiger partial charge on any atom is 0.141 e. The highest BCUT2D eigenvalue weighted by Crippen LogP contribution is 2.24. The number of benzene rings is 1. The first-order valence-electron chi connectivity index (χ1n) is 6.26. The Balaban J connectivity index is 2.18. The Morgan fingerprint density at radius 3 is 2.95 bits per heavy atom. The zero-order chi connectivity index (χ0) is 13.7. The van der Waals surface area contributed by atoms with Crippen molar-refractivity contribution >= 4 is 22.9 Å². The average molecular weight is 299 g/mol. The molecule has 19 heavy (non-hydrogen) atoms. The lowest BCUT2D eigenvalue weighted by atomic mass is 10.0. The van der Waals surface area contributed by atoms with Crippen molar-refractivity contribution in [2.24, 2.45) is 0 Å². The van der Waals surface area contributed by atoms with Gasteiger partial charge >= 0.3 is 0 Å². The molecule has 0 saturated heterocycles. The van der Waals surface area contributed by atoms with Gasteiger partial charge in [-0.25, -0.2) is 4.39 Å². The van der Waals surface area contributed by atoms with E-state index in [9.17, 15) is 4.39 Å². The normalized spacial score (nSPS) is 12.6. The van der Waals surface area contributed by atoms with Gasteiger partial charge in [-0.2, -0.15) is 0 Å². The third-order valence-electron chi connectivity index (χ3n) is 2.88. The Bertz CT molecular complexity index is 516. The monoisotopic (exact) mass is 298 g/mol. The van der Waals surface area contributed by atoms with Crippen molar-refractivity contribution in [3.8, 4) is 0 Å². The maximum atomic E-state index is 13.2. The highest BCUT2D eigenvalue weighted by atomic mass is 35.5. The molecular formula is C14H16ClFN2S. The molecule has 1 unspecified atom stereocenters. The minimum Gasteiger partial charge on any atom is -0.310 e. The molecule has 2 rings (SSSR count). The van der Waals surface area contributed by atoms with Gasteiger partial charge in [0.1, 0.15) is 5.82 Å². The van der Waals surface area contributed by atoms with E-state index in [4.69, 9.17) is 11.6 Å². The summed E-state index contributed by atoms with van der Waals surface area (Å²) >= 11 is 7.49. The molecule has 0 fully saturated rings. The molecule has 102 valence electrons. The summed E-state index contributed by atoms with van der Waals surface area (Å²) in [5.74, 6) is -0.377. The molecule has 0 amide bonds. The number of rotatable bonds is 6. The Morgan fingerprint density at radius 1 is 1.47 bits per heavy atom. The maximum absolute atomic E-state index is 13.2. The molecule has 1 atom stereocenters. The molecule has 0 radical (unpaired) electrons. The van der Waals surface area contributed by atoms with Crippen LogP contribution in [0, 0.1) is 5.82 Å². The van der Waals surface area contributed by atoms with Crippen LogP contribution >= 0.6 is 22.9 Å². The number of nitrogens with one attached hydrogen (secondary N) is 1. The zero-order valence-electron chi connectivity index (χ0n) is 10.7. The van der Waals surface area contributed by atoms with E-state index in [2.05, 4.69) is 17.2 Å². The molecule has 1 N–H and O–H groups in total. The van der Waals surface area contributed by atoms with Gasteiger partial charge in [0.15, 0.2) is 0 Å². The number of hydrogen-bond donors (Lipinski definition) is 1. The van der Waals surface area contributed by atoms with Crippen LogP contribution in [-0.4, -0.2) is 11.5 Å². The average Bonchev–Trinajstić information content (AvgIpc) is 2.91. The van der Waals surface area contributed by atoms with E-state index in [1.807, 2.05) is 11.7 Å². The third-order valence-corrected chi connectivity index (χ3v) is 3.97. The van der Waals surface area contributed by atoms with Crippen LogP contribution in [0.1, 0.15) is 29.8 Å². The molecule has 0 spiro atoms. The van der Waals surface area contributed by atoms with Crippen LogP contribution in [0.2, 0.25) is 5.02 Å². The van der Waals surface area contributed by atoms with Crippen LogP contribution in [0.3, 0.4) is 0 Å². The van der Waals surface area contributed by atoms with E-state index >= 15 is 0 Å². The lowest BCUT2D eigenvalue weighted by molar-refractivity contribution is 0.530. The van der Waals surface area contributed by atoms with E-state index in [0.717, 1.165) is 24.9 Å². The van der Waals surface area contributed by atoms with Crippen molar-refractivity contribution in [1.82, 2.24) is 10.3 Å². The van der Waals surface area contributed by atoms with Gasteiger partial charge in [0.2, 0.25) is 0 Å². The number of halogens is 2. The smallest absolute Gasteiger partial charge is 0.141 e. The number of nitrogens with zero attached hydrogens (tertiary/aromatic N) is 1. The molecule has 0 aliphatic rings. The van der Waals surface area contributed by atoms with Gasteiger partial charge < -0.3 is 5.32 Å². The second-order valence-corrected chi connectivity index (χ2v) is 5.73. The summed E-state index contributed by atoms with van der Waals surface area (Å²) in [6.07, 6.45) is 3.76. The molecule has 0 aliphatic heterocycles. The summed E-state index contributed by atoms with van der Waals surface area (Å²) < 4.78 is 13.2. The first-order valence-corrected chi connectivity index (χ1v) is 7.52. The van der Waals surface area contributed by atoms with E-state index in [1.54, 1.807) is 23.5 Å². The molecule has 0 saturated carbocycles. The predicted molar refractivity (Wildman–Crippen MR) is 78.3 cm³/mol. The Kier molecular flexibility index (Phi) is 5.31. The second kappa shape index (κ2) is 6.98. The zero-order valence-corrected chi connectivity index (χ0v) is 12.3. The fourth-order valence-corrected chi connectivity index (χ4v) is 2.73. The molecular weight excluding hydrogens is 283 g/mol. The summed E-state index contributed by atoms with van der Waals surface area (Å²) in [6.45, 7) is 3.03. The highest BCUT2D eigenvalue weighted by molar-refractivity contribution is 7.09. The van der Waals surface area contributed by atoms with Crippen LogP contribution in [0.15, 0.2) is 29.9 Å². The van der Waals surface area contributed by atoms with Crippen LogP contribution < -0.4 is 5.32 Å². The number of aromatic nitrogens is 1. The molecule has 0 aliphatic carbocycles. The van der Waals surface area contributed by atoms with Gasteiger partial charge in [-0.15, -0.1) is 11.3 Å². The Morgan fingerprint density at radius 2 is 2.32 bits per heavy atom. The molecule has 2 nitrogen and oxygen atoms in total. The first kappa shape index (κ1) is 14.4. The van der Waals surface area contributed by atoms with Crippen molar-refractivity contribution in [2.75, 3.05) is 6.54 Å². The van der Waals surface area contributed by atoms with Gasteiger partial charge in [0, 0.05) is 23.5 Å². The van der Waals surface area contributed by atoms with Crippen LogP contribution in [0.5, 0.6) is 0 Å². The van der Waals surface area contributed by atoms with Crippen molar-refractivity contribution < 1.29 is 4.39 Å². The van der Waals surface area contributed by atoms with Crippen molar-refractivity contribution in [3.05, 3.63) is 51.2 Å². The van der Waals surface area contributed by atoms with E-state index in [0.29, 0.717) is 0 Å². The Labute approximate surface area is 121 Å². The van der Waals surface area contributed by atoms with Gasteiger partial charge in [0.05, 0.1) is 10.5 Å². The minimum atomic E-state index is -0.377. The molecule has 1 aromatic heterocycles. The van der Waals surface area contributed by atoms with Gasteiger partial charge in [-0.1, -0.05) is 24.6 Å². The summed E-state index contributed by atoms with van der Waals surface area (Å²) in [5.41, 5.74) is 2.83. The summed E-state index contributed by atoms with van der Waals surface area (Å²) in [5, 5.41) is 3.64. The fourth-order valence-electron chi connectivity index (χ4n) is 1.90. The summed E-state index contributed by atoms with van der Waals surface area (Å²) in [6, 6.07) is 5.05. The van der Waals surface area contributed by atoms with Gasteiger partial charge in [0.25, 0.3) is 0 Å². The SMILES string of the molecule is CCCNC(Cc1cncs1)c1ccc(F)c(Cl)c1. The van der Waals surface area contributed by atoms with E-state index in [1.165, 1.54) is 10.9 Å². The quantitative estimate of drug-likeness (QED) is 0.864. The molecule has 2 aromatic rings. The highest BCUT2D eigenvalue weighted by Gasteiger charge is 2.14. The second-order valence-electron chi connectivity index (χ2n) is 4.35. The minimum absolute atomic E-state index is 0.137. The summed E-state index contributed by atoms with van der Waals surface area (Å²) in [4.78, 5) is 5.29. The lowest BCUT2D eigenvalue weighted by Crippen LogP contribution is -2.23. The molecule has 0 bridgehead atoms. The van der Waals surface area contributed by atoms with Crippen LogP contribution in [0.25, 0.3) is 0 Å². The number of hydrogen-bond acceptors (Lipinski definition) is 3. The van der Waals surface area contributed by atoms with Crippen molar-refractivity contribution in [1.29, 1.82) is 0 Å². The molecule has 1 heterocycles. The fraction of sp³-hybridized carbons (Fsp3) is 0.357. The predicted octanol–water partition coefficient (Wildman–Crippen LogP) is 4.22. The number of thiazole rings is 1. The van der Waals surface area contributed by atoms with E-state index < -0.39 is 0 Å². The van der Waals surface area contributed by atoms with Crippen molar-refractivity contribution in [3.63, 3.8) is 0 Å². The van der Waals surface area contributed by atoms with Crippen LogP contribution in [0.4, 0.5) is 4.39 Å². The van der Waals surface area contributed by atoms with E-state index in [-0.39, 0.29) is 16.9 Å². The first-order chi connectivity index (χ1) is 9.20. The molecule has 1 aromatic carbocycles. The third kappa shape index (κ3) is 4.00. The standard InChI is InChI=1S/C14H16ClFN2S/c1-2-5-18-14(7-11-8-17-9-19-11)10-3-4-13(16)12(15)6-10/h3-4,6,8-9,14,18H,2,5,7H2,1H3. The summed E-state index contributed by atoms with van der Waals surface area (Å²) in [7, 11) is 0.